The van der Waals surface area contributed by atoms with Gasteiger partial charge < -0.3 is 0 Å². The van der Waals surface area contributed by atoms with Gasteiger partial charge in [0.05, 0.1) is 0 Å². The number of carbonyl (C=O) groups excluding carboxylic acids is 1. The molecule has 1 N–H and O–H groups in total. The van der Waals surface area contributed by atoms with Crippen molar-refractivity contribution in [1.82, 2.24) is 5.43 Å². The molecule has 3 heteroatoms. The van der Waals surface area contributed by atoms with E-state index < -0.39 is 0 Å². The van der Waals surface area contributed by atoms with E-state index in [-0.39, 0.29) is 11.8 Å². The first-order chi connectivity index (χ1) is 10.1. The third-order valence-corrected chi connectivity index (χ3v) is 3.42. The predicted molar refractivity (Wildman–Crippen MR) is 86.7 cm³/mol. The van der Waals surface area contributed by atoms with E-state index in [4.69, 9.17) is 0 Å². The second kappa shape index (κ2) is 6.84. The minimum atomic E-state index is -0.177. The monoisotopic (exact) mass is 280 g/mol. The fourth-order valence-corrected chi connectivity index (χ4v) is 2.18. The van der Waals surface area contributed by atoms with E-state index in [1.54, 1.807) is 6.21 Å². The van der Waals surface area contributed by atoms with Crippen LogP contribution in [0.1, 0.15) is 39.9 Å². The fourth-order valence-electron chi connectivity index (χ4n) is 2.18. The quantitative estimate of drug-likeness (QED) is 0.671. The van der Waals surface area contributed by atoms with E-state index in [1.165, 1.54) is 5.56 Å². The summed E-state index contributed by atoms with van der Waals surface area (Å²) >= 11 is 0. The third kappa shape index (κ3) is 4.02. The maximum Gasteiger partial charge on any atom is 0.271 e. The average molecular weight is 280 g/mol. The van der Waals surface area contributed by atoms with E-state index >= 15 is 0 Å². The molecule has 0 saturated carbocycles. The van der Waals surface area contributed by atoms with Crippen molar-refractivity contribution in [3.63, 3.8) is 0 Å². The van der Waals surface area contributed by atoms with Crippen LogP contribution in [0.25, 0.3) is 0 Å². The van der Waals surface area contributed by atoms with Gasteiger partial charge in [-0.1, -0.05) is 55.0 Å². The minimum absolute atomic E-state index is 0.158. The summed E-state index contributed by atoms with van der Waals surface area (Å²) in [6.07, 6.45) is 1.75. The van der Waals surface area contributed by atoms with E-state index in [9.17, 15) is 4.79 Å². The molecule has 0 heterocycles. The van der Waals surface area contributed by atoms with Gasteiger partial charge in [0.1, 0.15) is 0 Å². The van der Waals surface area contributed by atoms with Gasteiger partial charge in [-0.25, -0.2) is 5.43 Å². The number of hydrogen-bond donors (Lipinski definition) is 1. The molecular weight excluding hydrogens is 260 g/mol. The summed E-state index contributed by atoms with van der Waals surface area (Å²) in [6, 6.07) is 15.8. The molecule has 2 aromatic rings. The van der Waals surface area contributed by atoms with Crippen LogP contribution in [0, 0.1) is 13.8 Å². The second-order valence-corrected chi connectivity index (χ2v) is 5.24. The van der Waals surface area contributed by atoms with E-state index in [1.807, 2.05) is 69.3 Å². The molecule has 0 saturated heterocycles. The highest BCUT2D eigenvalue weighted by Gasteiger charge is 2.08. The molecule has 21 heavy (non-hydrogen) atoms. The van der Waals surface area contributed by atoms with Crippen molar-refractivity contribution in [3.05, 3.63) is 70.8 Å². The van der Waals surface area contributed by atoms with Crippen molar-refractivity contribution >= 4 is 12.1 Å². The summed E-state index contributed by atoms with van der Waals surface area (Å²) in [5.74, 6) is -0.0189. The van der Waals surface area contributed by atoms with Crippen LogP contribution in [0.5, 0.6) is 0 Å². The van der Waals surface area contributed by atoms with Crippen LogP contribution in [0.4, 0.5) is 0 Å². The molecule has 2 rings (SSSR count). The Balaban J connectivity index is 1.99. The minimum Gasteiger partial charge on any atom is -0.267 e. The number of hydrazone groups is 1. The third-order valence-electron chi connectivity index (χ3n) is 3.42. The molecule has 0 bridgehead atoms. The number of amides is 1. The maximum atomic E-state index is 12.1. The molecule has 1 unspecified atom stereocenters. The number of nitrogens with zero attached hydrogens (tertiary/aromatic N) is 1. The van der Waals surface area contributed by atoms with E-state index in [2.05, 4.69) is 10.5 Å². The summed E-state index contributed by atoms with van der Waals surface area (Å²) in [6.45, 7) is 5.98. The summed E-state index contributed by atoms with van der Waals surface area (Å²) in [5.41, 5.74) is 6.52. The first-order valence-electron chi connectivity index (χ1n) is 7.03. The summed E-state index contributed by atoms with van der Waals surface area (Å²) < 4.78 is 0. The van der Waals surface area contributed by atoms with Gasteiger partial charge in [-0.15, -0.1) is 0 Å². The predicted octanol–water partition coefficient (Wildman–Crippen LogP) is 3.82. The van der Waals surface area contributed by atoms with Crippen LogP contribution in [0.3, 0.4) is 0 Å². The lowest BCUT2D eigenvalue weighted by atomic mass is 10.0. The Labute approximate surface area is 125 Å². The Morgan fingerprint density at radius 3 is 2.52 bits per heavy atom. The van der Waals surface area contributed by atoms with E-state index in [0.717, 1.165) is 11.1 Å². The zero-order valence-corrected chi connectivity index (χ0v) is 12.6. The van der Waals surface area contributed by atoms with Crippen molar-refractivity contribution in [3.8, 4) is 0 Å². The van der Waals surface area contributed by atoms with Gasteiger partial charge in [-0.3, -0.25) is 4.79 Å². The number of benzene rings is 2. The highest BCUT2D eigenvalue weighted by molar-refractivity contribution is 5.95. The molecule has 3 nitrogen and oxygen atoms in total. The Morgan fingerprint density at radius 2 is 1.86 bits per heavy atom. The van der Waals surface area contributed by atoms with Crippen LogP contribution >= 0.6 is 0 Å². The van der Waals surface area contributed by atoms with Crippen molar-refractivity contribution in [2.75, 3.05) is 0 Å². The first kappa shape index (κ1) is 15.0. The van der Waals surface area contributed by atoms with Gasteiger partial charge in [0.25, 0.3) is 5.91 Å². The van der Waals surface area contributed by atoms with Crippen molar-refractivity contribution < 1.29 is 4.79 Å². The van der Waals surface area contributed by atoms with E-state index in [0.29, 0.717) is 5.56 Å². The zero-order chi connectivity index (χ0) is 15.2. The van der Waals surface area contributed by atoms with Crippen LogP contribution in [0.15, 0.2) is 53.6 Å². The Hall–Kier alpha value is -2.42. The highest BCUT2D eigenvalue weighted by Crippen LogP contribution is 2.12. The normalized spacial score (nSPS) is 12.3. The van der Waals surface area contributed by atoms with Gasteiger partial charge in [0.15, 0.2) is 0 Å². The summed E-state index contributed by atoms with van der Waals surface area (Å²) in [4.78, 5) is 12.1. The Kier molecular flexibility index (Phi) is 4.88. The fraction of sp³-hybridized carbons (Fsp3) is 0.222. The molecule has 1 amide bonds. The summed E-state index contributed by atoms with van der Waals surface area (Å²) in [5, 5.41) is 4.06. The molecule has 0 aliphatic rings. The average Bonchev–Trinajstić information content (AvgIpc) is 2.47. The largest absolute Gasteiger partial charge is 0.271 e. The number of hydrogen-bond acceptors (Lipinski definition) is 2. The highest BCUT2D eigenvalue weighted by atomic mass is 16.2. The standard InChI is InChI=1S/C18H20N2O/c1-13-9-10-17(14(2)11-13)18(21)20-19-12-15(3)16-7-5-4-6-8-16/h4-12,15H,1-3H3,(H,20,21)/b19-12+. The second-order valence-electron chi connectivity index (χ2n) is 5.24. The SMILES string of the molecule is Cc1ccc(C(=O)N/N=C/C(C)c2ccccc2)c(C)c1. The molecule has 0 aromatic heterocycles. The molecular formula is C18H20N2O. The van der Waals surface area contributed by atoms with Gasteiger partial charge >= 0.3 is 0 Å². The Bertz CT molecular complexity index is 648. The first-order valence-corrected chi connectivity index (χ1v) is 7.03. The van der Waals surface area contributed by atoms with Crippen molar-refractivity contribution in [2.45, 2.75) is 26.7 Å². The van der Waals surface area contributed by atoms with Gasteiger partial charge in [0, 0.05) is 17.7 Å². The molecule has 0 aliphatic carbocycles. The van der Waals surface area contributed by atoms with Crippen LogP contribution in [-0.2, 0) is 0 Å². The lowest BCUT2D eigenvalue weighted by molar-refractivity contribution is 0.0954. The van der Waals surface area contributed by atoms with Crippen molar-refractivity contribution in [1.29, 1.82) is 0 Å². The molecule has 0 aliphatic heterocycles. The van der Waals surface area contributed by atoms with Crippen LogP contribution in [0.2, 0.25) is 0 Å². The number of nitrogens with one attached hydrogen (secondary N) is 1. The van der Waals surface area contributed by atoms with Crippen LogP contribution < -0.4 is 5.43 Å². The summed E-state index contributed by atoms with van der Waals surface area (Å²) in [7, 11) is 0. The number of rotatable bonds is 4. The number of aryl methyl sites for hydroxylation is 2. The molecule has 0 spiro atoms. The van der Waals surface area contributed by atoms with Gasteiger partial charge in [-0.05, 0) is 31.0 Å². The van der Waals surface area contributed by atoms with Gasteiger partial charge in [-0.2, -0.15) is 5.10 Å². The topological polar surface area (TPSA) is 41.5 Å². The van der Waals surface area contributed by atoms with Gasteiger partial charge in [0.2, 0.25) is 0 Å². The smallest absolute Gasteiger partial charge is 0.267 e. The molecule has 108 valence electrons. The van der Waals surface area contributed by atoms with Crippen LogP contribution in [-0.4, -0.2) is 12.1 Å². The maximum absolute atomic E-state index is 12.1. The molecule has 2 aromatic carbocycles. The Morgan fingerprint density at radius 1 is 1.14 bits per heavy atom. The molecule has 0 fully saturated rings. The van der Waals surface area contributed by atoms with Crippen molar-refractivity contribution in [2.24, 2.45) is 5.10 Å². The lowest BCUT2D eigenvalue weighted by Crippen LogP contribution is -2.19. The molecule has 0 radical (unpaired) electrons. The lowest BCUT2D eigenvalue weighted by Gasteiger charge is -2.07. The molecule has 1 atom stereocenters. The zero-order valence-electron chi connectivity index (χ0n) is 12.6. The number of carbonyl (C=O) groups is 1.